The van der Waals surface area contributed by atoms with Crippen LogP contribution < -0.4 is 10.1 Å². The largest absolute Gasteiger partial charge is 0.507 e. The van der Waals surface area contributed by atoms with Gasteiger partial charge in [0.2, 0.25) is 0 Å². The van der Waals surface area contributed by atoms with E-state index in [0.29, 0.717) is 33.3 Å². The fourth-order valence-corrected chi connectivity index (χ4v) is 4.02. The zero-order chi connectivity index (χ0) is 25.5. The number of ether oxygens (including phenoxy) is 2. The third-order valence-electron chi connectivity index (χ3n) is 5.80. The molecule has 0 radical (unpaired) electrons. The Balaban J connectivity index is 1.69. The van der Waals surface area contributed by atoms with Gasteiger partial charge in [-0.3, -0.25) is 10.1 Å². The highest BCUT2D eigenvalue weighted by molar-refractivity contribution is 5.95. The highest BCUT2D eigenvalue weighted by Crippen LogP contribution is 2.36. The van der Waals surface area contributed by atoms with Crippen LogP contribution in [0.15, 0.2) is 91.0 Å². The molecular formula is C29H27NO6. The predicted molar refractivity (Wildman–Crippen MR) is 137 cm³/mol. The van der Waals surface area contributed by atoms with Crippen LogP contribution in [0.5, 0.6) is 11.5 Å². The van der Waals surface area contributed by atoms with Crippen molar-refractivity contribution in [3.05, 3.63) is 102 Å². The number of Topliss-reactive ketones (excluding diaryl/α,β-unsaturated/α-hetero) is 1. The lowest BCUT2D eigenvalue weighted by atomic mass is 9.95. The highest BCUT2D eigenvalue weighted by Gasteiger charge is 2.31. The van der Waals surface area contributed by atoms with Gasteiger partial charge in [0, 0.05) is 35.2 Å². The van der Waals surface area contributed by atoms with Crippen molar-refractivity contribution < 1.29 is 29.3 Å². The number of aliphatic hydroxyl groups excluding tert-OH is 1. The number of anilines is 1. The summed E-state index contributed by atoms with van der Waals surface area (Å²) in [5, 5.41) is 24.2. The number of para-hydroxylation sites is 1. The Bertz CT molecular complexity index is 1340. The van der Waals surface area contributed by atoms with Crippen molar-refractivity contribution in [2.45, 2.75) is 25.6 Å². The van der Waals surface area contributed by atoms with Crippen LogP contribution in [0.3, 0.4) is 0 Å². The Hall–Kier alpha value is -4.36. The van der Waals surface area contributed by atoms with E-state index < -0.39 is 18.3 Å². The summed E-state index contributed by atoms with van der Waals surface area (Å²) in [6.07, 6.45) is -2.18. The summed E-state index contributed by atoms with van der Waals surface area (Å²) in [7, 11) is 0. The maximum Gasteiger partial charge on any atom is 0.412 e. The number of nitrogens with one attached hydrogen (secondary N) is 1. The van der Waals surface area contributed by atoms with Gasteiger partial charge in [-0.25, -0.2) is 4.79 Å². The monoisotopic (exact) mass is 485 g/mol. The number of aliphatic hydroxyl groups is 1. The first-order valence-electron chi connectivity index (χ1n) is 11.6. The van der Waals surface area contributed by atoms with Crippen molar-refractivity contribution in [3.8, 4) is 11.5 Å². The van der Waals surface area contributed by atoms with Crippen LogP contribution in [0.1, 0.15) is 35.4 Å². The molecule has 0 unspecified atom stereocenters. The third-order valence-corrected chi connectivity index (χ3v) is 5.80. The summed E-state index contributed by atoms with van der Waals surface area (Å²) in [4.78, 5) is 24.5. The van der Waals surface area contributed by atoms with Gasteiger partial charge in [-0.15, -0.1) is 0 Å². The zero-order valence-corrected chi connectivity index (χ0v) is 19.8. The number of aromatic hydroxyl groups is 1. The Labute approximate surface area is 208 Å². The van der Waals surface area contributed by atoms with Crippen molar-refractivity contribution in [1.29, 1.82) is 0 Å². The second kappa shape index (κ2) is 11.4. The molecule has 7 heteroatoms. The van der Waals surface area contributed by atoms with Gasteiger partial charge in [0.15, 0.2) is 11.9 Å². The maximum absolute atomic E-state index is 13.0. The molecule has 0 saturated carbocycles. The number of benzene rings is 4. The molecule has 0 aromatic heterocycles. The fourth-order valence-electron chi connectivity index (χ4n) is 4.02. The van der Waals surface area contributed by atoms with Gasteiger partial charge in [-0.2, -0.15) is 0 Å². The minimum Gasteiger partial charge on any atom is -0.507 e. The number of phenolic OH excluding ortho intramolecular Hbond substituents is 1. The van der Waals surface area contributed by atoms with E-state index in [1.807, 2.05) is 36.4 Å². The van der Waals surface area contributed by atoms with Crippen LogP contribution in [0, 0.1) is 0 Å². The number of carbonyl (C=O) groups is 2. The van der Waals surface area contributed by atoms with E-state index in [2.05, 4.69) is 5.32 Å². The van der Waals surface area contributed by atoms with Crippen LogP contribution in [-0.4, -0.2) is 34.8 Å². The number of hydrogen-bond donors (Lipinski definition) is 3. The average Bonchev–Trinajstić information content (AvgIpc) is 2.89. The lowest BCUT2D eigenvalue weighted by Crippen LogP contribution is -2.32. The van der Waals surface area contributed by atoms with E-state index in [4.69, 9.17) is 9.47 Å². The van der Waals surface area contributed by atoms with E-state index in [9.17, 15) is 19.8 Å². The molecule has 0 spiro atoms. The molecule has 4 aromatic carbocycles. The van der Waals surface area contributed by atoms with E-state index in [0.717, 1.165) is 0 Å². The molecule has 7 nitrogen and oxygen atoms in total. The minimum absolute atomic E-state index is 0.0756. The Kier molecular flexibility index (Phi) is 7.82. The van der Waals surface area contributed by atoms with Gasteiger partial charge < -0.3 is 19.7 Å². The van der Waals surface area contributed by atoms with Crippen LogP contribution in [0.25, 0.3) is 10.8 Å². The normalized spacial score (nSPS) is 12.5. The van der Waals surface area contributed by atoms with Gasteiger partial charge in [0.25, 0.3) is 0 Å². The van der Waals surface area contributed by atoms with Gasteiger partial charge in [-0.05, 0) is 54.8 Å². The van der Waals surface area contributed by atoms with Gasteiger partial charge >= 0.3 is 6.09 Å². The quantitative estimate of drug-likeness (QED) is 0.256. The van der Waals surface area contributed by atoms with Crippen LogP contribution in [-0.2, 0) is 4.74 Å². The molecule has 0 aliphatic rings. The Morgan fingerprint density at radius 3 is 2.19 bits per heavy atom. The second-order valence-electron chi connectivity index (χ2n) is 8.29. The molecule has 0 fully saturated rings. The number of hydrogen-bond acceptors (Lipinski definition) is 6. The van der Waals surface area contributed by atoms with Crippen molar-refractivity contribution in [3.63, 3.8) is 0 Å². The first-order valence-corrected chi connectivity index (χ1v) is 11.6. The minimum atomic E-state index is -0.917. The van der Waals surface area contributed by atoms with E-state index in [1.165, 1.54) is 6.92 Å². The third kappa shape index (κ3) is 5.82. The zero-order valence-electron chi connectivity index (χ0n) is 19.8. The molecule has 0 saturated heterocycles. The number of rotatable bonds is 9. The first-order chi connectivity index (χ1) is 17.5. The summed E-state index contributed by atoms with van der Waals surface area (Å²) in [6, 6.07) is 26.1. The molecule has 4 rings (SSSR count). The summed E-state index contributed by atoms with van der Waals surface area (Å²) >= 11 is 0. The molecule has 36 heavy (non-hydrogen) atoms. The van der Waals surface area contributed by atoms with E-state index in [1.54, 1.807) is 54.6 Å². The smallest absolute Gasteiger partial charge is 0.412 e. The highest BCUT2D eigenvalue weighted by atomic mass is 16.6. The van der Waals surface area contributed by atoms with Crippen LogP contribution >= 0.6 is 0 Å². The summed E-state index contributed by atoms with van der Waals surface area (Å²) in [5.74, 6) is 0.590. The van der Waals surface area contributed by atoms with Gasteiger partial charge in [0.05, 0.1) is 0 Å². The SMILES string of the molecule is CC(=O)c1ccc(NC(=O)O[C@@H](c2ccc(O)c3ccccc23)[C@H](CCO)Oc2ccccc2)cc1. The van der Waals surface area contributed by atoms with E-state index >= 15 is 0 Å². The number of carbonyl (C=O) groups excluding carboxylic acids is 2. The average molecular weight is 486 g/mol. The molecule has 0 aliphatic carbocycles. The lowest BCUT2D eigenvalue weighted by Gasteiger charge is -2.29. The van der Waals surface area contributed by atoms with Gasteiger partial charge in [0.1, 0.15) is 17.6 Å². The number of fused-ring (bicyclic) bond motifs is 1. The predicted octanol–water partition coefficient (Wildman–Crippen LogP) is 5.87. The van der Waals surface area contributed by atoms with Crippen LogP contribution in [0.4, 0.5) is 10.5 Å². The van der Waals surface area contributed by atoms with Crippen molar-refractivity contribution in [1.82, 2.24) is 0 Å². The molecule has 0 heterocycles. The number of amides is 1. The number of phenols is 1. The molecule has 0 bridgehead atoms. The maximum atomic E-state index is 13.0. The molecule has 184 valence electrons. The van der Waals surface area contributed by atoms with Crippen molar-refractivity contribution in [2.24, 2.45) is 0 Å². The second-order valence-corrected chi connectivity index (χ2v) is 8.29. The molecule has 0 aliphatic heterocycles. The van der Waals surface area contributed by atoms with Crippen molar-refractivity contribution >= 4 is 28.3 Å². The van der Waals surface area contributed by atoms with E-state index in [-0.39, 0.29) is 24.6 Å². The molecule has 4 aromatic rings. The van der Waals surface area contributed by atoms with Crippen molar-refractivity contribution in [2.75, 3.05) is 11.9 Å². The van der Waals surface area contributed by atoms with Gasteiger partial charge in [-0.1, -0.05) is 48.5 Å². The van der Waals surface area contributed by atoms with Crippen LogP contribution in [0.2, 0.25) is 0 Å². The fraction of sp³-hybridized carbons (Fsp3) is 0.172. The standard InChI is InChI=1S/C29H27NO6/c1-19(32)20-11-13-21(14-12-20)30-29(34)36-28(27(17-18-31)35-22-7-3-2-4-8-22)25-15-16-26(33)24-10-6-5-9-23(24)25/h2-16,27-28,31,33H,17-18H2,1H3,(H,30,34)/t27-,28-/m0/s1. The summed E-state index contributed by atoms with van der Waals surface area (Å²) in [5.41, 5.74) is 1.61. The topological polar surface area (TPSA) is 105 Å². The molecular weight excluding hydrogens is 458 g/mol. The lowest BCUT2D eigenvalue weighted by molar-refractivity contribution is 0.00983. The number of ketones is 1. The molecule has 3 N–H and O–H groups in total. The summed E-state index contributed by atoms with van der Waals surface area (Å²) in [6.45, 7) is 1.28. The molecule has 2 atom stereocenters. The summed E-state index contributed by atoms with van der Waals surface area (Å²) < 4.78 is 12.1. The Morgan fingerprint density at radius 2 is 1.53 bits per heavy atom. The Morgan fingerprint density at radius 1 is 0.861 bits per heavy atom. The molecule has 1 amide bonds. The first kappa shape index (κ1) is 24.8.